The molecule has 0 aliphatic heterocycles. The first-order valence-corrected chi connectivity index (χ1v) is 8.70. The molecular formula is C22H24N2O2. The molecule has 4 heteroatoms. The maximum absolute atomic E-state index is 5.93. The van der Waals surface area contributed by atoms with E-state index < -0.39 is 0 Å². The Bertz CT molecular complexity index is 817. The van der Waals surface area contributed by atoms with Crippen molar-refractivity contribution in [2.24, 2.45) is 0 Å². The van der Waals surface area contributed by atoms with Gasteiger partial charge >= 0.3 is 0 Å². The number of hydrogen-bond donors (Lipinski definition) is 1. The van der Waals surface area contributed by atoms with Gasteiger partial charge in [0.25, 0.3) is 0 Å². The second-order valence-electron chi connectivity index (χ2n) is 6.18. The van der Waals surface area contributed by atoms with Gasteiger partial charge in [-0.2, -0.15) is 0 Å². The summed E-state index contributed by atoms with van der Waals surface area (Å²) in [5, 5.41) is 3.39. The Morgan fingerprint density at radius 3 is 2.42 bits per heavy atom. The van der Waals surface area contributed by atoms with E-state index in [4.69, 9.17) is 9.47 Å². The van der Waals surface area contributed by atoms with Crippen LogP contribution >= 0.6 is 0 Å². The molecule has 4 nitrogen and oxygen atoms in total. The van der Waals surface area contributed by atoms with Gasteiger partial charge in [-0.1, -0.05) is 42.0 Å². The average molecular weight is 348 g/mol. The van der Waals surface area contributed by atoms with E-state index in [1.807, 2.05) is 30.3 Å². The molecule has 2 aromatic carbocycles. The van der Waals surface area contributed by atoms with Crippen LogP contribution in [0.2, 0.25) is 0 Å². The Hall–Kier alpha value is -2.85. The van der Waals surface area contributed by atoms with Gasteiger partial charge in [0.2, 0.25) is 0 Å². The molecule has 1 heterocycles. The molecule has 3 aromatic rings. The number of rotatable bonds is 8. The molecule has 1 aromatic heterocycles. The summed E-state index contributed by atoms with van der Waals surface area (Å²) in [6.45, 7) is 4.07. The summed E-state index contributed by atoms with van der Waals surface area (Å²) in [6.07, 6.45) is 1.81. The predicted molar refractivity (Wildman–Crippen MR) is 103 cm³/mol. The van der Waals surface area contributed by atoms with Crippen LogP contribution in [0.3, 0.4) is 0 Å². The van der Waals surface area contributed by atoms with E-state index in [0.717, 1.165) is 41.4 Å². The molecule has 0 bridgehead atoms. The summed E-state index contributed by atoms with van der Waals surface area (Å²) in [7, 11) is 1.67. The lowest BCUT2D eigenvalue weighted by Gasteiger charge is -2.13. The molecule has 0 fully saturated rings. The van der Waals surface area contributed by atoms with Crippen molar-refractivity contribution in [3.8, 4) is 11.5 Å². The highest BCUT2D eigenvalue weighted by Gasteiger charge is 2.06. The fourth-order valence-electron chi connectivity index (χ4n) is 2.62. The number of pyridine rings is 1. The molecule has 0 radical (unpaired) electrons. The van der Waals surface area contributed by atoms with E-state index in [1.165, 1.54) is 5.56 Å². The van der Waals surface area contributed by atoms with E-state index in [0.29, 0.717) is 6.61 Å². The minimum Gasteiger partial charge on any atom is -0.493 e. The number of hydrogen-bond acceptors (Lipinski definition) is 4. The lowest BCUT2D eigenvalue weighted by Crippen LogP contribution is -2.13. The molecule has 0 aliphatic rings. The van der Waals surface area contributed by atoms with Gasteiger partial charge < -0.3 is 14.8 Å². The molecule has 1 N–H and O–H groups in total. The molecule has 134 valence electrons. The summed E-state index contributed by atoms with van der Waals surface area (Å²) in [6, 6.07) is 20.3. The standard InChI is InChI=1S/C22H24N2O2/c1-17-6-8-18(9-7-17)16-26-21-11-10-19(13-22(21)25-2)14-23-15-20-5-3-4-12-24-20/h3-13,23H,14-16H2,1-2H3. The highest BCUT2D eigenvalue weighted by molar-refractivity contribution is 5.43. The van der Waals surface area contributed by atoms with Gasteiger partial charge in [-0.3, -0.25) is 4.98 Å². The van der Waals surface area contributed by atoms with Crippen LogP contribution in [0.5, 0.6) is 11.5 Å². The van der Waals surface area contributed by atoms with E-state index in [2.05, 4.69) is 47.6 Å². The third kappa shape index (κ3) is 5.07. The quantitative estimate of drug-likeness (QED) is 0.660. The van der Waals surface area contributed by atoms with Crippen LogP contribution < -0.4 is 14.8 Å². The Balaban J connectivity index is 1.57. The van der Waals surface area contributed by atoms with Gasteiger partial charge in [-0.25, -0.2) is 0 Å². The Morgan fingerprint density at radius 2 is 1.69 bits per heavy atom. The topological polar surface area (TPSA) is 43.4 Å². The zero-order valence-electron chi connectivity index (χ0n) is 15.2. The van der Waals surface area contributed by atoms with Crippen LogP contribution in [0, 0.1) is 6.92 Å². The Labute approximate surface area is 154 Å². The van der Waals surface area contributed by atoms with Crippen LogP contribution in [0.25, 0.3) is 0 Å². The van der Waals surface area contributed by atoms with E-state index >= 15 is 0 Å². The SMILES string of the molecule is COc1cc(CNCc2ccccn2)ccc1OCc1ccc(C)cc1. The Morgan fingerprint density at radius 1 is 0.885 bits per heavy atom. The third-order valence-electron chi connectivity index (χ3n) is 4.10. The van der Waals surface area contributed by atoms with Crippen LogP contribution in [0.1, 0.15) is 22.4 Å². The van der Waals surface area contributed by atoms with Crippen molar-refractivity contribution in [2.75, 3.05) is 7.11 Å². The minimum absolute atomic E-state index is 0.522. The van der Waals surface area contributed by atoms with Crippen LogP contribution in [0.15, 0.2) is 66.9 Å². The van der Waals surface area contributed by atoms with Gasteiger partial charge in [0.15, 0.2) is 11.5 Å². The van der Waals surface area contributed by atoms with Crippen molar-refractivity contribution in [3.63, 3.8) is 0 Å². The molecule has 26 heavy (non-hydrogen) atoms. The number of aryl methyl sites for hydroxylation is 1. The molecular weight excluding hydrogens is 324 g/mol. The van der Waals surface area contributed by atoms with Crippen LogP contribution in [-0.2, 0) is 19.7 Å². The van der Waals surface area contributed by atoms with Gasteiger partial charge in [0.1, 0.15) is 6.61 Å². The van der Waals surface area contributed by atoms with E-state index in [1.54, 1.807) is 13.3 Å². The van der Waals surface area contributed by atoms with Crippen molar-refractivity contribution in [2.45, 2.75) is 26.6 Å². The van der Waals surface area contributed by atoms with Gasteiger partial charge in [-0.15, -0.1) is 0 Å². The second kappa shape index (κ2) is 9.02. The highest BCUT2D eigenvalue weighted by atomic mass is 16.5. The van der Waals surface area contributed by atoms with Crippen molar-refractivity contribution in [3.05, 3.63) is 89.2 Å². The molecule has 0 spiro atoms. The normalized spacial score (nSPS) is 10.5. The molecule has 0 aliphatic carbocycles. The van der Waals surface area contributed by atoms with Crippen molar-refractivity contribution in [1.29, 1.82) is 0 Å². The fraction of sp³-hybridized carbons (Fsp3) is 0.227. The summed E-state index contributed by atoms with van der Waals surface area (Å²) in [5.74, 6) is 1.50. The molecule has 0 amide bonds. The molecule has 0 saturated heterocycles. The molecule has 0 atom stereocenters. The number of ether oxygens (including phenoxy) is 2. The summed E-state index contributed by atoms with van der Waals surface area (Å²) < 4.78 is 11.4. The lowest BCUT2D eigenvalue weighted by molar-refractivity contribution is 0.284. The molecule has 0 unspecified atom stereocenters. The first kappa shape index (κ1) is 18.0. The van der Waals surface area contributed by atoms with Gasteiger partial charge in [0.05, 0.1) is 12.8 Å². The zero-order chi connectivity index (χ0) is 18.2. The Kier molecular flexibility index (Phi) is 6.23. The van der Waals surface area contributed by atoms with E-state index in [9.17, 15) is 0 Å². The smallest absolute Gasteiger partial charge is 0.161 e. The summed E-state index contributed by atoms with van der Waals surface area (Å²) in [4.78, 5) is 4.31. The predicted octanol–water partition coefficient (Wildman–Crippen LogP) is 4.27. The first-order valence-electron chi connectivity index (χ1n) is 8.70. The number of benzene rings is 2. The highest BCUT2D eigenvalue weighted by Crippen LogP contribution is 2.29. The number of aromatic nitrogens is 1. The van der Waals surface area contributed by atoms with Gasteiger partial charge in [0, 0.05) is 19.3 Å². The second-order valence-corrected chi connectivity index (χ2v) is 6.18. The van der Waals surface area contributed by atoms with Crippen LogP contribution in [0.4, 0.5) is 0 Å². The third-order valence-corrected chi connectivity index (χ3v) is 4.10. The van der Waals surface area contributed by atoms with Crippen molar-refractivity contribution >= 4 is 0 Å². The number of methoxy groups -OCH3 is 1. The first-order chi connectivity index (χ1) is 12.7. The largest absolute Gasteiger partial charge is 0.493 e. The number of nitrogens with one attached hydrogen (secondary N) is 1. The lowest BCUT2D eigenvalue weighted by atomic mass is 10.1. The fourth-order valence-corrected chi connectivity index (χ4v) is 2.62. The zero-order valence-corrected chi connectivity index (χ0v) is 15.2. The maximum atomic E-state index is 5.93. The van der Waals surface area contributed by atoms with Crippen molar-refractivity contribution in [1.82, 2.24) is 10.3 Å². The molecule has 3 rings (SSSR count). The number of nitrogens with zero attached hydrogens (tertiary/aromatic N) is 1. The van der Waals surface area contributed by atoms with Crippen LogP contribution in [-0.4, -0.2) is 12.1 Å². The van der Waals surface area contributed by atoms with E-state index in [-0.39, 0.29) is 0 Å². The molecule has 0 saturated carbocycles. The average Bonchev–Trinajstić information content (AvgIpc) is 2.69. The summed E-state index contributed by atoms with van der Waals surface area (Å²) >= 11 is 0. The van der Waals surface area contributed by atoms with Crippen molar-refractivity contribution < 1.29 is 9.47 Å². The van der Waals surface area contributed by atoms with Gasteiger partial charge in [-0.05, 0) is 42.3 Å². The monoisotopic (exact) mass is 348 g/mol. The summed E-state index contributed by atoms with van der Waals surface area (Å²) in [5.41, 5.74) is 4.55. The maximum Gasteiger partial charge on any atom is 0.161 e. The minimum atomic E-state index is 0.522.